The normalized spacial score (nSPS) is 12.3. The van der Waals surface area contributed by atoms with Crippen molar-refractivity contribution in [1.82, 2.24) is 9.97 Å². The van der Waals surface area contributed by atoms with Crippen LogP contribution in [-0.4, -0.2) is 86.4 Å². The Morgan fingerprint density at radius 2 is 1.05 bits per heavy atom. The fraction of sp³-hybridized carbons (Fsp3) is 0.419. The van der Waals surface area contributed by atoms with Crippen LogP contribution in [0.2, 0.25) is 0 Å². The number of rotatable bonds is 10. The zero-order valence-electron chi connectivity index (χ0n) is 24.5. The van der Waals surface area contributed by atoms with Crippen LogP contribution >= 0.6 is 0 Å². The van der Waals surface area contributed by atoms with Crippen molar-refractivity contribution in [1.29, 1.82) is 0 Å². The van der Waals surface area contributed by atoms with Crippen LogP contribution in [0, 0.1) is 0 Å². The van der Waals surface area contributed by atoms with Gasteiger partial charge in [0.25, 0.3) is 0 Å². The second-order valence-electron chi connectivity index (χ2n) is 12.2. The summed E-state index contributed by atoms with van der Waals surface area (Å²) in [5.41, 5.74) is 7.16. The molecular weight excluding hydrogens is 492 g/mol. The molecule has 0 atom stereocenters. The van der Waals surface area contributed by atoms with E-state index in [1.54, 1.807) is 0 Å². The first kappa shape index (κ1) is 28.4. The van der Waals surface area contributed by atoms with Crippen molar-refractivity contribution in [3.05, 3.63) is 70.0 Å². The zero-order valence-corrected chi connectivity index (χ0v) is 24.5. The number of esters is 2. The number of quaternary nitrogens is 2. The summed E-state index contributed by atoms with van der Waals surface area (Å²) >= 11 is 0. The molecule has 2 heterocycles. The van der Waals surface area contributed by atoms with E-state index in [0.29, 0.717) is 46.7 Å². The lowest BCUT2D eigenvalue weighted by molar-refractivity contribution is -0.883. The van der Waals surface area contributed by atoms with Gasteiger partial charge in [-0.3, -0.25) is 0 Å². The van der Waals surface area contributed by atoms with Crippen molar-refractivity contribution in [3.63, 3.8) is 0 Å². The van der Waals surface area contributed by atoms with E-state index in [9.17, 15) is 9.59 Å². The quantitative estimate of drug-likeness (QED) is 0.221. The SMILES string of the molecule is CCOC(=O)c1[nH]c2ccc(Cc3ccc4[nH]c(C(=O)OCC)c(C[N+](C)(C)C)c4c3)cc2c1C[N+](C)(C)C. The first-order valence-electron chi connectivity index (χ1n) is 13.5. The molecule has 0 fully saturated rings. The standard InChI is InChI=1S/C31H40N4O4/c1-9-38-30(36)28-24(18-34(3,4)5)22-16-20(11-13-26(22)32-28)15-21-12-14-27-23(17-21)25(19-35(6,7)8)29(33-27)31(37)39-10-2/h11-14,16-17H,9-10,15,18-19H2,1-8H3/p+2. The number of aromatic amines is 2. The van der Waals surface area contributed by atoms with Gasteiger partial charge in [0, 0.05) is 32.9 Å². The lowest BCUT2D eigenvalue weighted by Crippen LogP contribution is -2.34. The molecule has 0 aliphatic carbocycles. The number of carbonyl (C=O) groups excluding carboxylic acids is 2. The van der Waals surface area contributed by atoms with Gasteiger partial charge in [-0.15, -0.1) is 0 Å². The number of nitrogens with one attached hydrogen (secondary N) is 2. The number of carbonyl (C=O) groups is 2. The van der Waals surface area contributed by atoms with Gasteiger partial charge in [-0.05, 0) is 55.7 Å². The molecule has 0 saturated heterocycles. The van der Waals surface area contributed by atoms with Crippen molar-refractivity contribution in [3.8, 4) is 0 Å². The van der Waals surface area contributed by atoms with E-state index in [0.717, 1.165) is 50.5 Å². The fourth-order valence-electron chi connectivity index (χ4n) is 5.08. The Labute approximate surface area is 230 Å². The summed E-state index contributed by atoms with van der Waals surface area (Å²) in [5, 5.41) is 2.09. The fourth-order valence-corrected chi connectivity index (χ4v) is 5.08. The minimum Gasteiger partial charge on any atom is -0.461 e. The van der Waals surface area contributed by atoms with E-state index in [1.165, 1.54) is 0 Å². The van der Waals surface area contributed by atoms with Crippen LogP contribution in [-0.2, 0) is 29.0 Å². The maximum atomic E-state index is 12.7. The molecule has 0 radical (unpaired) electrons. The Morgan fingerprint density at radius 3 is 1.38 bits per heavy atom. The molecule has 8 nitrogen and oxygen atoms in total. The number of H-pyrrole nitrogens is 2. The Morgan fingerprint density at radius 1 is 0.667 bits per heavy atom. The Kier molecular flexibility index (Phi) is 7.91. The highest BCUT2D eigenvalue weighted by molar-refractivity contribution is 5.99. The maximum Gasteiger partial charge on any atom is 0.355 e. The van der Waals surface area contributed by atoms with Gasteiger partial charge >= 0.3 is 11.9 Å². The minimum absolute atomic E-state index is 0.321. The number of nitrogens with zero attached hydrogens (tertiary/aromatic N) is 2. The van der Waals surface area contributed by atoms with Crippen LogP contribution in [0.5, 0.6) is 0 Å². The van der Waals surface area contributed by atoms with Gasteiger partial charge in [-0.25, -0.2) is 9.59 Å². The highest BCUT2D eigenvalue weighted by Gasteiger charge is 2.25. The highest BCUT2D eigenvalue weighted by atomic mass is 16.5. The molecule has 208 valence electrons. The lowest BCUT2D eigenvalue weighted by Gasteiger charge is -2.24. The summed E-state index contributed by atoms with van der Waals surface area (Å²) < 4.78 is 12.1. The smallest absolute Gasteiger partial charge is 0.355 e. The van der Waals surface area contributed by atoms with E-state index < -0.39 is 0 Å². The second kappa shape index (κ2) is 10.9. The van der Waals surface area contributed by atoms with Crippen LogP contribution in [0.15, 0.2) is 36.4 Å². The predicted octanol–water partition coefficient (Wildman–Crippen LogP) is 5.01. The van der Waals surface area contributed by atoms with Crippen LogP contribution in [0.4, 0.5) is 0 Å². The average Bonchev–Trinajstić information content (AvgIpc) is 3.35. The van der Waals surface area contributed by atoms with E-state index in [2.05, 4.69) is 76.5 Å². The van der Waals surface area contributed by atoms with Crippen molar-refractivity contribution in [2.24, 2.45) is 0 Å². The van der Waals surface area contributed by atoms with Gasteiger partial charge < -0.3 is 28.4 Å². The topological polar surface area (TPSA) is 84.2 Å². The van der Waals surface area contributed by atoms with Crippen molar-refractivity contribution < 1.29 is 28.0 Å². The van der Waals surface area contributed by atoms with Crippen LogP contribution in [0.25, 0.3) is 21.8 Å². The molecular formula is C31H42N4O4+2. The summed E-state index contributed by atoms with van der Waals surface area (Å²) in [7, 11) is 12.7. The first-order valence-corrected chi connectivity index (χ1v) is 13.5. The Balaban J connectivity index is 1.75. The lowest BCUT2D eigenvalue weighted by atomic mass is 9.99. The number of aromatic nitrogens is 2. The van der Waals surface area contributed by atoms with Gasteiger partial charge in [0.05, 0.1) is 55.5 Å². The van der Waals surface area contributed by atoms with Gasteiger partial charge in [0.15, 0.2) is 0 Å². The molecule has 0 spiro atoms. The van der Waals surface area contributed by atoms with Gasteiger partial charge in [0.1, 0.15) is 24.5 Å². The van der Waals surface area contributed by atoms with Gasteiger partial charge in [-0.1, -0.05) is 12.1 Å². The largest absolute Gasteiger partial charge is 0.461 e. The van der Waals surface area contributed by atoms with Gasteiger partial charge in [0.2, 0.25) is 0 Å². The monoisotopic (exact) mass is 534 g/mol. The summed E-state index contributed by atoms with van der Waals surface area (Å²) in [4.78, 5) is 32.1. The molecule has 2 aromatic heterocycles. The molecule has 8 heteroatoms. The number of ether oxygens (including phenoxy) is 2. The average molecular weight is 535 g/mol. The van der Waals surface area contributed by atoms with E-state index in [4.69, 9.17) is 9.47 Å². The molecule has 4 aromatic rings. The minimum atomic E-state index is -0.321. The highest BCUT2D eigenvalue weighted by Crippen LogP contribution is 2.30. The summed E-state index contributed by atoms with van der Waals surface area (Å²) in [5.74, 6) is -0.641. The van der Waals surface area contributed by atoms with Crippen molar-refractivity contribution in [2.45, 2.75) is 33.4 Å². The van der Waals surface area contributed by atoms with E-state index >= 15 is 0 Å². The Hall–Kier alpha value is -3.62. The molecule has 0 amide bonds. The van der Waals surface area contributed by atoms with Crippen LogP contribution in [0.1, 0.15) is 57.1 Å². The third-order valence-electron chi connectivity index (χ3n) is 6.57. The first-order chi connectivity index (χ1) is 18.3. The molecule has 0 saturated carbocycles. The van der Waals surface area contributed by atoms with E-state index in [-0.39, 0.29) is 11.9 Å². The summed E-state index contributed by atoms with van der Waals surface area (Å²) in [6.07, 6.45) is 0.722. The van der Waals surface area contributed by atoms with E-state index in [1.807, 2.05) is 26.0 Å². The zero-order chi connectivity index (χ0) is 28.5. The molecule has 39 heavy (non-hydrogen) atoms. The third kappa shape index (κ3) is 6.52. The molecule has 0 unspecified atom stereocenters. The predicted molar refractivity (Wildman–Crippen MR) is 155 cm³/mol. The molecule has 0 aliphatic heterocycles. The third-order valence-corrected chi connectivity index (χ3v) is 6.57. The van der Waals surface area contributed by atoms with Gasteiger partial charge in [-0.2, -0.15) is 0 Å². The molecule has 0 bridgehead atoms. The number of fused-ring (bicyclic) bond motifs is 2. The number of hydrogen-bond acceptors (Lipinski definition) is 4. The summed E-state index contributed by atoms with van der Waals surface area (Å²) in [6, 6.07) is 12.6. The second-order valence-corrected chi connectivity index (χ2v) is 12.2. The molecule has 4 rings (SSSR count). The van der Waals surface area contributed by atoms with Crippen LogP contribution in [0.3, 0.4) is 0 Å². The number of benzene rings is 2. The van der Waals surface area contributed by atoms with Crippen LogP contribution < -0.4 is 0 Å². The summed E-state index contributed by atoms with van der Waals surface area (Å²) in [6.45, 7) is 5.69. The molecule has 0 aliphatic rings. The Bertz CT molecular complexity index is 1400. The van der Waals surface area contributed by atoms with Crippen molar-refractivity contribution in [2.75, 3.05) is 55.5 Å². The van der Waals surface area contributed by atoms with Crippen molar-refractivity contribution >= 4 is 33.7 Å². The maximum absolute atomic E-state index is 12.7. The molecule has 2 N–H and O–H groups in total. The molecule has 2 aromatic carbocycles. The number of hydrogen-bond donors (Lipinski definition) is 2.